The van der Waals surface area contributed by atoms with Crippen LogP contribution in [0, 0.1) is 11.3 Å². The Balaban J connectivity index is 2.46. The van der Waals surface area contributed by atoms with Gasteiger partial charge in [0.1, 0.15) is 6.04 Å². The molecule has 0 aromatic heterocycles. The number of nitriles is 1. The maximum absolute atomic E-state index is 9.29. The summed E-state index contributed by atoms with van der Waals surface area (Å²) < 4.78 is 5.65. The third kappa shape index (κ3) is 2.96. The lowest BCUT2D eigenvalue weighted by atomic mass is 10.1. The largest absolute Gasteiger partial charge is 0.371 e. The van der Waals surface area contributed by atoms with E-state index in [9.17, 15) is 5.21 Å². The first-order valence-electron chi connectivity index (χ1n) is 4.45. The molecule has 1 heterocycles. The molecule has 1 N–H and O–H groups in total. The van der Waals surface area contributed by atoms with E-state index in [-0.39, 0.29) is 11.7 Å². The van der Waals surface area contributed by atoms with E-state index in [1.807, 2.05) is 26.8 Å². The summed E-state index contributed by atoms with van der Waals surface area (Å²) in [6.45, 7) is 6.33. The molecule has 1 aliphatic rings. The van der Waals surface area contributed by atoms with Gasteiger partial charge in [0.05, 0.1) is 24.3 Å². The van der Waals surface area contributed by atoms with Crippen LogP contribution in [0.1, 0.15) is 27.2 Å². The molecule has 2 atom stereocenters. The zero-order valence-corrected chi connectivity index (χ0v) is 8.32. The maximum atomic E-state index is 9.29. The van der Waals surface area contributed by atoms with Crippen LogP contribution in [0.15, 0.2) is 0 Å². The molecule has 0 aliphatic carbocycles. The van der Waals surface area contributed by atoms with Gasteiger partial charge in [0.25, 0.3) is 0 Å². The minimum absolute atomic E-state index is 0.0327. The summed E-state index contributed by atoms with van der Waals surface area (Å²) in [5.74, 6) is 0. The number of ether oxygens (including phenoxy) is 1. The van der Waals surface area contributed by atoms with Crippen molar-refractivity contribution < 1.29 is 9.94 Å². The Morgan fingerprint density at radius 2 is 2.15 bits per heavy atom. The quantitative estimate of drug-likeness (QED) is 0.664. The fraction of sp³-hybridized carbons (Fsp3) is 0.889. The topological polar surface area (TPSA) is 56.5 Å². The molecule has 0 bridgehead atoms. The van der Waals surface area contributed by atoms with Crippen LogP contribution in [0.3, 0.4) is 0 Å². The van der Waals surface area contributed by atoms with E-state index in [1.54, 1.807) is 0 Å². The Labute approximate surface area is 78.7 Å². The second kappa shape index (κ2) is 3.62. The van der Waals surface area contributed by atoms with E-state index in [4.69, 9.17) is 10.00 Å². The third-order valence-electron chi connectivity index (χ3n) is 1.91. The highest BCUT2D eigenvalue weighted by atomic mass is 16.5. The molecule has 1 fully saturated rings. The van der Waals surface area contributed by atoms with Crippen LogP contribution in [0.25, 0.3) is 0 Å². The number of rotatable bonds is 1. The fourth-order valence-corrected chi connectivity index (χ4v) is 1.49. The first-order valence-corrected chi connectivity index (χ1v) is 4.45. The zero-order chi connectivity index (χ0) is 10.1. The predicted octanol–water partition coefficient (Wildman–Crippen LogP) is 1.16. The molecule has 74 valence electrons. The molecule has 0 radical (unpaired) electrons. The standard InChI is InChI=1S/C9H16N2O2/c1-9(2,3)13-8-4-7(5-10)11(12)6-8/h7-8,12H,4,6H2,1-3H3/t7-,8+/m1/s1. The highest BCUT2D eigenvalue weighted by Gasteiger charge is 2.33. The van der Waals surface area contributed by atoms with Crippen molar-refractivity contribution in [3.63, 3.8) is 0 Å². The molecule has 0 aromatic rings. The van der Waals surface area contributed by atoms with E-state index in [0.717, 1.165) is 5.06 Å². The Morgan fingerprint density at radius 1 is 1.54 bits per heavy atom. The van der Waals surface area contributed by atoms with Crippen molar-refractivity contribution in [2.24, 2.45) is 0 Å². The SMILES string of the molecule is CC(C)(C)O[C@H]1C[C@H](C#N)N(O)C1. The minimum atomic E-state index is -0.410. The maximum Gasteiger partial charge on any atom is 0.124 e. The van der Waals surface area contributed by atoms with Crippen LogP contribution in [-0.4, -0.2) is 34.6 Å². The lowest BCUT2D eigenvalue weighted by molar-refractivity contribution is -0.110. The van der Waals surface area contributed by atoms with E-state index in [0.29, 0.717) is 13.0 Å². The average molecular weight is 184 g/mol. The van der Waals surface area contributed by atoms with Crippen molar-refractivity contribution in [3.05, 3.63) is 0 Å². The first-order chi connectivity index (χ1) is 5.92. The van der Waals surface area contributed by atoms with Gasteiger partial charge < -0.3 is 9.94 Å². The molecule has 13 heavy (non-hydrogen) atoms. The van der Waals surface area contributed by atoms with Gasteiger partial charge in [0.2, 0.25) is 0 Å². The van der Waals surface area contributed by atoms with Gasteiger partial charge in [-0.05, 0) is 20.8 Å². The van der Waals surface area contributed by atoms with Crippen LogP contribution in [-0.2, 0) is 4.74 Å². The fourth-order valence-electron chi connectivity index (χ4n) is 1.49. The second-order valence-corrected chi connectivity index (χ2v) is 4.35. The summed E-state index contributed by atoms with van der Waals surface area (Å²) in [5.41, 5.74) is -0.212. The Bertz CT molecular complexity index is 217. The Kier molecular flexibility index (Phi) is 2.91. The van der Waals surface area contributed by atoms with Gasteiger partial charge in [-0.1, -0.05) is 0 Å². The normalized spacial score (nSPS) is 30.4. The summed E-state index contributed by atoms with van der Waals surface area (Å²) in [5, 5.41) is 19.0. The van der Waals surface area contributed by atoms with E-state index in [1.165, 1.54) is 0 Å². The van der Waals surface area contributed by atoms with Crippen molar-refractivity contribution in [2.45, 2.75) is 44.9 Å². The lowest BCUT2D eigenvalue weighted by Gasteiger charge is -2.24. The molecule has 0 saturated carbocycles. The Hall–Kier alpha value is -0.630. The van der Waals surface area contributed by atoms with Crippen LogP contribution < -0.4 is 0 Å². The first kappa shape index (κ1) is 10.5. The van der Waals surface area contributed by atoms with Crippen molar-refractivity contribution in [3.8, 4) is 6.07 Å². The molecular formula is C9H16N2O2. The van der Waals surface area contributed by atoms with Gasteiger partial charge in [0, 0.05) is 6.42 Å². The van der Waals surface area contributed by atoms with Crippen molar-refractivity contribution in [1.82, 2.24) is 5.06 Å². The molecule has 0 spiro atoms. The minimum Gasteiger partial charge on any atom is -0.371 e. The molecule has 0 amide bonds. The molecule has 1 aliphatic heterocycles. The third-order valence-corrected chi connectivity index (χ3v) is 1.91. The lowest BCUT2D eigenvalue weighted by Crippen LogP contribution is -2.29. The van der Waals surface area contributed by atoms with Crippen LogP contribution >= 0.6 is 0 Å². The van der Waals surface area contributed by atoms with Gasteiger partial charge in [-0.25, -0.2) is 0 Å². The highest BCUT2D eigenvalue weighted by molar-refractivity contribution is 4.96. The van der Waals surface area contributed by atoms with E-state index >= 15 is 0 Å². The van der Waals surface area contributed by atoms with Crippen LogP contribution in [0.5, 0.6) is 0 Å². The number of nitrogens with zero attached hydrogens (tertiary/aromatic N) is 2. The van der Waals surface area contributed by atoms with Crippen LogP contribution in [0.2, 0.25) is 0 Å². The van der Waals surface area contributed by atoms with Crippen molar-refractivity contribution in [1.29, 1.82) is 5.26 Å². The summed E-state index contributed by atoms with van der Waals surface area (Å²) >= 11 is 0. The molecule has 1 rings (SSSR count). The molecule has 4 nitrogen and oxygen atoms in total. The molecule has 4 heteroatoms. The summed E-state index contributed by atoms with van der Waals surface area (Å²) in [6, 6.07) is 1.62. The number of hydrogen-bond acceptors (Lipinski definition) is 4. The molecule has 0 aromatic carbocycles. The predicted molar refractivity (Wildman–Crippen MR) is 47.1 cm³/mol. The second-order valence-electron chi connectivity index (χ2n) is 4.35. The highest BCUT2D eigenvalue weighted by Crippen LogP contribution is 2.22. The van der Waals surface area contributed by atoms with Gasteiger partial charge in [0.15, 0.2) is 0 Å². The van der Waals surface area contributed by atoms with Gasteiger partial charge >= 0.3 is 0 Å². The number of hydroxylamine groups is 2. The summed E-state index contributed by atoms with van der Waals surface area (Å²) in [4.78, 5) is 0. The van der Waals surface area contributed by atoms with Gasteiger partial charge in [-0.15, -0.1) is 0 Å². The molecular weight excluding hydrogens is 168 g/mol. The summed E-state index contributed by atoms with van der Waals surface area (Å²) in [7, 11) is 0. The van der Waals surface area contributed by atoms with E-state index in [2.05, 4.69) is 0 Å². The molecule has 0 unspecified atom stereocenters. The monoisotopic (exact) mass is 184 g/mol. The number of hydrogen-bond donors (Lipinski definition) is 1. The van der Waals surface area contributed by atoms with Gasteiger partial charge in [-0.3, -0.25) is 0 Å². The van der Waals surface area contributed by atoms with Crippen molar-refractivity contribution >= 4 is 0 Å². The van der Waals surface area contributed by atoms with Crippen molar-refractivity contribution in [2.75, 3.05) is 6.54 Å². The smallest absolute Gasteiger partial charge is 0.124 e. The van der Waals surface area contributed by atoms with E-state index < -0.39 is 6.04 Å². The summed E-state index contributed by atoms with van der Waals surface area (Å²) in [6.07, 6.45) is 0.555. The van der Waals surface area contributed by atoms with Crippen LogP contribution in [0.4, 0.5) is 0 Å². The zero-order valence-electron chi connectivity index (χ0n) is 8.32. The van der Waals surface area contributed by atoms with Gasteiger partial charge in [-0.2, -0.15) is 10.3 Å². The molecule has 1 saturated heterocycles. The average Bonchev–Trinajstić information content (AvgIpc) is 2.26. The Morgan fingerprint density at radius 3 is 2.54 bits per heavy atom.